The summed E-state index contributed by atoms with van der Waals surface area (Å²) >= 11 is 0. The molecule has 0 heterocycles. The second-order valence-corrected chi connectivity index (χ2v) is 4.37. The first-order valence-electron chi connectivity index (χ1n) is 5.60. The van der Waals surface area contributed by atoms with Crippen molar-refractivity contribution in [3.63, 3.8) is 0 Å². The van der Waals surface area contributed by atoms with Crippen LogP contribution in [0.25, 0.3) is 0 Å². The molecular weight excluding hydrogens is 228 g/mol. The second kappa shape index (κ2) is 8.79. The third-order valence-corrected chi connectivity index (χ3v) is 3.07. The van der Waals surface area contributed by atoms with E-state index in [9.17, 15) is 4.79 Å². The minimum Gasteiger partial charge on any atom is -0.396 e. The smallest absolute Gasteiger partial charge is 0.237 e. The van der Waals surface area contributed by atoms with Crippen molar-refractivity contribution in [3.05, 3.63) is 0 Å². The Morgan fingerprint density at radius 2 is 1.81 bits per heavy atom. The number of aliphatic hydroxyl groups is 1. The Hall–Kier alpha value is -0.320. The Bertz CT molecular complexity index is 202. The fraction of sp³-hybridized carbons (Fsp3) is 0.909. The average molecular weight is 253 g/mol. The van der Waals surface area contributed by atoms with Crippen LogP contribution in [0.2, 0.25) is 0 Å². The molecule has 98 valence electrons. The minimum atomic E-state index is -0.455. The quantitative estimate of drug-likeness (QED) is 0.658. The van der Waals surface area contributed by atoms with Crippen molar-refractivity contribution < 1.29 is 9.90 Å². The summed E-state index contributed by atoms with van der Waals surface area (Å²) in [4.78, 5) is 11.7. The van der Waals surface area contributed by atoms with Crippen molar-refractivity contribution in [3.8, 4) is 0 Å². The largest absolute Gasteiger partial charge is 0.396 e. The number of amides is 1. The highest BCUT2D eigenvalue weighted by Gasteiger charge is 2.22. The van der Waals surface area contributed by atoms with Crippen LogP contribution in [-0.4, -0.2) is 29.7 Å². The number of aliphatic hydroxyl groups excluding tert-OH is 1. The van der Waals surface area contributed by atoms with Crippen LogP contribution >= 0.6 is 12.4 Å². The van der Waals surface area contributed by atoms with E-state index in [0.29, 0.717) is 0 Å². The van der Waals surface area contributed by atoms with Crippen molar-refractivity contribution in [1.82, 2.24) is 5.32 Å². The maximum Gasteiger partial charge on any atom is 0.237 e. The van der Waals surface area contributed by atoms with E-state index in [1.807, 2.05) is 27.7 Å². The van der Waals surface area contributed by atoms with Crippen LogP contribution in [0, 0.1) is 11.8 Å². The molecule has 5 heteroatoms. The SMILES string of the molecule is CCC(C)C(N)C(=O)NC(C)C(C)CO.Cl. The topological polar surface area (TPSA) is 75.4 Å². The van der Waals surface area contributed by atoms with Crippen LogP contribution in [0.1, 0.15) is 34.1 Å². The Morgan fingerprint density at radius 1 is 1.31 bits per heavy atom. The summed E-state index contributed by atoms with van der Waals surface area (Å²) in [5.74, 6) is 0.108. The molecule has 0 aliphatic carbocycles. The fourth-order valence-electron chi connectivity index (χ4n) is 1.13. The van der Waals surface area contributed by atoms with Crippen LogP contribution in [0.15, 0.2) is 0 Å². The summed E-state index contributed by atoms with van der Waals surface area (Å²) in [5.41, 5.74) is 5.79. The molecule has 0 aliphatic heterocycles. The standard InChI is InChI=1S/C11H24N2O2.ClH/c1-5-7(2)10(12)11(15)13-9(4)8(3)6-14;/h7-10,14H,5-6,12H2,1-4H3,(H,13,15);1H. The monoisotopic (exact) mass is 252 g/mol. The van der Waals surface area contributed by atoms with Crippen LogP contribution in [0.3, 0.4) is 0 Å². The molecular formula is C11H25ClN2O2. The first-order chi connectivity index (χ1) is 6.93. The van der Waals surface area contributed by atoms with Gasteiger partial charge in [-0.3, -0.25) is 4.79 Å². The van der Waals surface area contributed by atoms with E-state index in [1.54, 1.807) is 0 Å². The van der Waals surface area contributed by atoms with E-state index in [-0.39, 0.29) is 42.8 Å². The normalized spacial score (nSPS) is 17.9. The molecule has 4 nitrogen and oxygen atoms in total. The Balaban J connectivity index is 0. The minimum absolute atomic E-state index is 0. The van der Waals surface area contributed by atoms with Crippen LogP contribution in [-0.2, 0) is 4.79 Å². The van der Waals surface area contributed by atoms with Gasteiger partial charge in [0, 0.05) is 12.6 Å². The van der Waals surface area contributed by atoms with Gasteiger partial charge in [0.15, 0.2) is 0 Å². The number of halogens is 1. The molecule has 0 aliphatic rings. The van der Waals surface area contributed by atoms with Gasteiger partial charge in [-0.1, -0.05) is 27.2 Å². The number of nitrogens with one attached hydrogen (secondary N) is 1. The van der Waals surface area contributed by atoms with Gasteiger partial charge < -0.3 is 16.2 Å². The Labute approximate surface area is 104 Å². The molecule has 0 spiro atoms. The molecule has 1 amide bonds. The molecule has 0 bridgehead atoms. The summed E-state index contributed by atoms with van der Waals surface area (Å²) in [5, 5.41) is 11.8. The van der Waals surface area contributed by atoms with E-state index in [4.69, 9.17) is 10.8 Å². The lowest BCUT2D eigenvalue weighted by molar-refractivity contribution is -0.124. The van der Waals surface area contributed by atoms with Gasteiger partial charge in [-0.15, -0.1) is 12.4 Å². The number of hydrogen-bond donors (Lipinski definition) is 3. The first kappa shape index (κ1) is 18.1. The number of nitrogens with two attached hydrogens (primary N) is 1. The number of rotatable bonds is 6. The predicted octanol–water partition coefficient (Wildman–Crippen LogP) is 0.915. The van der Waals surface area contributed by atoms with Crippen molar-refractivity contribution >= 4 is 18.3 Å². The summed E-state index contributed by atoms with van der Waals surface area (Å²) in [6.45, 7) is 7.81. The van der Waals surface area contributed by atoms with Crippen LogP contribution in [0.5, 0.6) is 0 Å². The fourth-order valence-corrected chi connectivity index (χ4v) is 1.13. The molecule has 0 fully saturated rings. The first-order valence-corrected chi connectivity index (χ1v) is 5.60. The lowest BCUT2D eigenvalue weighted by Crippen LogP contribution is -2.49. The summed E-state index contributed by atoms with van der Waals surface area (Å²) in [6, 6.07) is -0.499. The molecule has 16 heavy (non-hydrogen) atoms. The zero-order chi connectivity index (χ0) is 12.0. The highest BCUT2D eigenvalue weighted by molar-refractivity contribution is 5.85. The van der Waals surface area contributed by atoms with Gasteiger partial charge in [-0.25, -0.2) is 0 Å². The van der Waals surface area contributed by atoms with Crippen LogP contribution < -0.4 is 11.1 Å². The summed E-state index contributed by atoms with van der Waals surface area (Å²) in [6.07, 6.45) is 0.887. The van der Waals surface area contributed by atoms with E-state index < -0.39 is 6.04 Å². The lowest BCUT2D eigenvalue weighted by atomic mass is 9.98. The van der Waals surface area contributed by atoms with E-state index in [2.05, 4.69) is 5.32 Å². The molecule has 0 saturated heterocycles. The van der Waals surface area contributed by atoms with Crippen molar-refractivity contribution in [2.24, 2.45) is 17.6 Å². The molecule has 0 radical (unpaired) electrons. The Kier molecular flexibility index (Phi) is 9.92. The van der Waals surface area contributed by atoms with Crippen molar-refractivity contribution in [2.45, 2.75) is 46.2 Å². The van der Waals surface area contributed by atoms with Gasteiger partial charge in [-0.2, -0.15) is 0 Å². The molecule has 0 aromatic carbocycles. The highest BCUT2D eigenvalue weighted by atomic mass is 35.5. The molecule has 4 N–H and O–H groups in total. The van der Waals surface area contributed by atoms with E-state index in [1.165, 1.54) is 0 Å². The molecule has 0 aromatic rings. The third kappa shape index (κ3) is 5.68. The molecule has 0 rings (SSSR count). The van der Waals surface area contributed by atoms with Crippen molar-refractivity contribution in [1.29, 1.82) is 0 Å². The van der Waals surface area contributed by atoms with Gasteiger partial charge >= 0.3 is 0 Å². The van der Waals surface area contributed by atoms with Crippen molar-refractivity contribution in [2.75, 3.05) is 6.61 Å². The average Bonchev–Trinajstić information content (AvgIpc) is 2.25. The van der Waals surface area contributed by atoms with E-state index in [0.717, 1.165) is 6.42 Å². The lowest BCUT2D eigenvalue weighted by Gasteiger charge is -2.23. The number of hydrogen-bond acceptors (Lipinski definition) is 3. The number of carbonyl (C=O) groups excluding carboxylic acids is 1. The number of carbonyl (C=O) groups is 1. The Morgan fingerprint density at radius 3 is 2.19 bits per heavy atom. The maximum absolute atomic E-state index is 11.7. The van der Waals surface area contributed by atoms with Crippen LogP contribution in [0.4, 0.5) is 0 Å². The molecule has 0 aromatic heterocycles. The van der Waals surface area contributed by atoms with Gasteiger partial charge in [-0.05, 0) is 18.8 Å². The summed E-state index contributed by atoms with van der Waals surface area (Å²) in [7, 11) is 0. The third-order valence-electron chi connectivity index (χ3n) is 3.07. The summed E-state index contributed by atoms with van der Waals surface area (Å²) < 4.78 is 0. The molecule has 4 unspecified atom stereocenters. The van der Waals surface area contributed by atoms with Gasteiger partial charge in [0.1, 0.15) is 0 Å². The van der Waals surface area contributed by atoms with Gasteiger partial charge in [0.2, 0.25) is 5.91 Å². The maximum atomic E-state index is 11.7. The zero-order valence-electron chi connectivity index (χ0n) is 10.6. The van der Waals surface area contributed by atoms with Gasteiger partial charge in [0.25, 0.3) is 0 Å². The zero-order valence-corrected chi connectivity index (χ0v) is 11.4. The highest BCUT2D eigenvalue weighted by Crippen LogP contribution is 2.07. The van der Waals surface area contributed by atoms with E-state index >= 15 is 0 Å². The second-order valence-electron chi connectivity index (χ2n) is 4.37. The predicted molar refractivity (Wildman–Crippen MR) is 68.5 cm³/mol. The van der Waals surface area contributed by atoms with Gasteiger partial charge in [0.05, 0.1) is 6.04 Å². The molecule has 4 atom stereocenters. The molecule has 0 saturated carbocycles.